The molecule has 0 saturated carbocycles. The van der Waals surface area contributed by atoms with Gasteiger partial charge in [0.05, 0.1) is 10.6 Å². The number of carbonyl (C=O) groups excluding carboxylic acids is 1. The molecule has 0 unspecified atom stereocenters. The molecule has 0 aliphatic heterocycles. The summed E-state index contributed by atoms with van der Waals surface area (Å²) in [4.78, 5) is 12.3. The van der Waals surface area contributed by atoms with Crippen molar-refractivity contribution in [3.05, 3.63) is 89.7 Å². The van der Waals surface area contributed by atoms with Crippen LogP contribution < -0.4 is 10.0 Å². The van der Waals surface area contributed by atoms with E-state index in [4.69, 9.17) is 0 Å². The summed E-state index contributed by atoms with van der Waals surface area (Å²) in [6.45, 7) is 2.05. The van der Waals surface area contributed by atoms with E-state index in [9.17, 15) is 17.6 Å². The number of amides is 1. The second-order valence-electron chi connectivity index (χ2n) is 6.14. The Morgan fingerprint density at radius 2 is 1.61 bits per heavy atom. The van der Waals surface area contributed by atoms with Crippen LogP contribution in [0.4, 0.5) is 15.8 Å². The largest absolute Gasteiger partial charge is 0.322 e. The molecule has 3 rings (SSSR count). The standard InChI is InChI=1S/C21H19FN2O3S/c1-2-15-6-10-18(11-7-15)23-21(25)16-8-12-20(13-9-16)28(26,27)24-19-5-3-4-17(22)14-19/h3-14,24H,2H2,1H3,(H,23,25). The van der Waals surface area contributed by atoms with E-state index < -0.39 is 15.8 Å². The Morgan fingerprint density at radius 1 is 0.929 bits per heavy atom. The van der Waals surface area contributed by atoms with Gasteiger partial charge < -0.3 is 5.32 Å². The van der Waals surface area contributed by atoms with Gasteiger partial charge in [-0.2, -0.15) is 0 Å². The van der Waals surface area contributed by atoms with Crippen LogP contribution in [0.5, 0.6) is 0 Å². The first-order valence-electron chi connectivity index (χ1n) is 8.66. The summed E-state index contributed by atoms with van der Waals surface area (Å²) in [5.74, 6) is -0.884. The third kappa shape index (κ3) is 4.75. The maximum absolute atomic E-state index is 13.2. The Morgan fingerprint density at radius 3 is 2.21 bits per heavy atom. The van der Waals surface area contributed by atoms with E-state index in [1.54, 1.807) is 0 Å². The van der Waals surface area contributed by atoms with Gasteiger partial charge in [-0.15, -0.1) is 0 Å². The van der Waals surface area contributed by atoms with Gasteiger partial charge in [-0.1, -0.05) is 25.1 Å². The summed E-state index contributed by atoms with van der Waals surface area (Å²) in [5.41, 5.74) is 2.27. The fourth-order valence-electron chi connectivity index (χ4n) is 2.58. The van der Waals surface area contributed by atoms with E-state index in [1.807, 2.05) is 31.2 Å². The highest BCUT2D eigenvalue weighted by Gasteiger charge is 2.15. The average molecular weight is 398 g/mol. The van der Waals surface area contributed by atoms with Crippen LogP contribution in [0.2, 0.25) is 0 Å². The van der Waals surface area contributed by atoms with Crippen LogP contribution in [0.25, 0.3) is 0 Å². The van der Waals surface area contributed by atoms with Gasteiger partial charge in [0.2, 0.25) is 0 Å². The normalized spacial score (nSPS) is 11.1. The van der Waals surface area contributed by atoms with Gasteiger partial charge in [-0.25, -0.2) is 12.8 Å². The van der Waals surface area contributed by atoms with E-state index in [0.29, 0.717) is 11.3 Å². The molecular formula is C21H19FN2O3S. The third-order valence-corrected chi connectivity index (χ3v) is 5.52. The minimum Gasteiger partial charge on any atom is -0.322 e. The van der Waals surface area contributed by atoms with Crippen LogP contribution in [0.3, 0.4) is 0 Å². The number of sulfonamides is 1. The zero-order valence-electron chi connectivity index (χ0n) is 15.1. The van der Waals surface area contributed by atoms with Gasteiger partial charge in [0.1, 0.15) is 5.82 Å². The Kier molecular flexibility index (Phi) is 5.75. The van der Waals surface area contributed by atoms with Gasteiger partial charge in [-0.3, -0.25) is 9.52 Å². The molecule has 0 atom stereocenters. The van der Waals surface area contributed by atoms with E-state index in [0.717, 1.165) is 12.5 Å². The van der Waals surface area contributed by atoms with Crippen LogP contribution in [-0.4, -0.2) is 14.3 Å². The molecule has 1 amide bonds. The predicted molar refractivity (Wildman–Crippen MR) is 107 cm³/mol. The molecule has 0 spiro atoms. The van der Waals surface area contributed by atoms with E-state index in [-0.39, 0.29) is 16.5 Å². The highest BCUT2D eigenvalue weighted by Crippen LogP contribution is 2.18. The Hall–Kier alpha value is -3.19. The van der Waals surface area contributed by atoms with Crippen molar-refractivity contribution < 1.29 is 17.6 Å². The first-order valence-corrected chi connectivity index (χ1v) is 10.1. The van der Waals surface area contributed by atoms with E-state index in [1.165, 1.54) is 48.0 Å². The fraction of sp³-hybridized carbons (Fsp3) is 0.0952. The molecule has 0 saturated heterocycles. The number of carbonyl (C=O) groups is 1. The van der Waals surface area contributed by atoms with Crippen molar-refractivity contribution in [3.63, 3.8) is 0 Å². The molecule has 0 fully saturated rings. The molecule has 144 valence electrons. The van der Waals surface area contributed by atoms with Gasteiger partial charge in [-0.05, 0) is 66.6 Å². The SMILES string of the molecule is CCc1ccc(NC(=O)c2ccc(S(=O)(=O)Nc3cccc(F)c3)cc2)cc1. The quantitative estimate of drug-likeness (QED) is 0.645. The zero-order chi connectivity index (χ0) is 20.1. The van der Waals surface area contributed by atoms with Crippen molar-refractivity contribution >= 4 is 27.3 Å². The minimum absolute atomic E-state index is 0.0272. The van der Waals surface area contributed by atoms with E-state index >= 15 is 0 Å². The second-order valence-corrected chi connectivity index (χ2v) is 7.83. The van der Waals surface area contributed by atoms with Crippen molar-refractivity contribution in [3.8, 4) is 0 Å². The molecule has 0 aliphatic carbocycles. The lowest BCUT2D eigenvalue weighted by molar-refractivity contribution is 0.102. The van der Waals surface area contributed by atoms with E-state index in [2.05, 4.69) is 10.0 Å². The first-order chi connectivity index (χ1) is 13.4. The van der Waals surface area contributed by atoms with Crippen LogP contribution in [-0.2, 0) is 16.4 Å². The molecule has 2 N–H and O–H groups in total. The summed E-state index contributed by atoms with van der Waals surface area (Å²) >= 11 is 0. The topological polar surface area (TPSA) is 75.3 Å². The van der Waals surface area contributed by atoms with Gasteiger partial charge >= 0.3 is 0 Å². The summed E-state index contributed by atoms with van der Waals surface area (Å²) in [7, 11) is -3.89. The molecular weight excluding hydrogens is 379 g/mol. The first kappa shape index (κ1) is 19.6. The number of aryl methyl sites for hydroxylation is 1. The molecule has 5 nitrogen and oxygen atoms in total. The van der Waals surface area contributed by atoms with Crippen LogP contribution >= 0.6 is 0 Å². The molecule has 3 aromatic carbocycles. The Balaban J connectivity index is 1.71. The van der Waals surface area contributed by atoms with Crippen molar-refractivity contribution in [1.29, 1.82) is 0 Å². The number of anilines is 2. The summed E-state index contributed by atoms with van der Waals surface area (Å²) in [5, 5.41) is 2.77. The Bertz CT molecular complexity index is 1080. The van der Waals surface area contributed by atoms with Crippen molar-refractivity contribution in [2.24, 2.45) is 0 Å². The highest BCUT2D eigenvalue weighted by atomic mass is 32.2. The average Bonchev–Trinajstić information content (AvgIpc) is 2.68. The lowest BCUT2D eigenvalue weighted by Crippen LogP contribution is -2.15. The second kappa shape index (κ2) is 8.22. The maximum atomic E-state index is 13.2. The number of halogens is 1. The monoisotopic (exact) mass is 398 g/mol. The van der Waals surface area contributed by atoms with Crippen molar-refractivity contribution in [1.82, 2.24) is 0 Å². The molecule has 0 heterocycles. The highest BCUT2D eigenvalue weighted by molar-refractivity contribution is 7.92. The molecule has 0 bridgehead atoms. The van der Waals surface area contributed by atoms with Crippen LogP contribution in [0.1, 0.15) is 22.8 Å². The van der Waals surface area contributed by atoms with Gasteiger partial charge in [0, 0.05) is 11.3 Å². The summed E-state index contributed by atoms with van der Waals surface area (Å²) in [6, 6.07) is 18.2. The molecule has 7 heteroatoms. The minimum atomic E-state index is -3.89. The Labute approximate surface area is 163 Å². The summed E-state index contributed by atoms with van der Waals surface area (Å²) < 4.78 is 40.4. The number of hydrogen-bond acceptors (Lipinski definition) is 3. The van der Waals surface area contributed by atoms with Crippen molar-refractivity contribution in [2.45, 2.75) is 18.2 Å². The fourth-order valence-corrected chi connectivity index (χ4v) is 3.63. The smallest absolute Gasteiger partial charge is 0.261 e. The molecule has 0 aliphatic rings. The molecule has 0 aromatic heterocycles. The van der Waals surface area contributed by atoms with Gasteiger partial charge in [0.25, 0.3) is 15.9 Å². The molecule has 0 radical (unpaired) electrons. The van der Waals surface area contributed by atoms with Crippen LogP contribution in [0, 0.1) is 5.82 Å². The lowest BCUT2D eigenvalue weighted by atomic mass is 10.1. The van der Waals surface area contributed by atoms with Gasteiger partial charge in [0.15, 0.2) is 0 Å². The number of hydrogen-bond donors (Lipinski definition) is 2. The molecule has 28 heavy (non-hydrogen) atoms. The lowest BCUT2D eigenvalue weighted by Gasteiger charge is -2.09. The number of nitrogens with one attached hydrogen (secondary N) is 2. The number of benzene rings is 3. The summed E-state index contributed by atoms with van der Waals surface area (Å²) in [6.07, 6.45) is 0.911. The zero-order valence-corrected chi connectivity index (χ0v) is 16.0. The molecule has 3 aromatic rings. The predicted octanol–water partition coefficient (Wildman–Crippen LogP) is 4.44. The number of rotatable bonds is 6. The maximum Gasteiger partial charge on any atom is 0.261 e. The van der Waals surface area contributed by atoms with Crippen molar-refractivity contribution in [2.75, 3.05) is 10.0 Å². The third-order valence-electron chi connectivity index (χ3n) is 4.12. The van der Waals surface area contributed by atoms with Crippen LogP contribution in [0.15, 0.2) is 77.7 Å².